The molecule has 0 amide bonds. The molecule has 0 aliphatic carbocycles. The van der Waals surface area contributed by atoms with Crippen molar-refractivity contribution in [1.82, 2.24) is 5.32 Å². The smallest absolute Gasteiger partial charge is 0.129 e. The SMILES string of the molecule is CCNC(Cc1c(F)cccc1F)c1ccccc1I. The number of nitrogens with one attached hydrogen (secondary N) is 1. The summed E-state index contributed by atoms with van der Waals surface area (Å²) in [5.74, 6) is -0.974. The summed E-state index contributed by atoms with van der Waals surface area (Å²) in [6, 6.07) is 11.8. The van der Waals surface area contributed by atoms with E-state index in [9.17, 15) is 8.78 Å². The zero-order valence-electron chi connectivity index (χ0n) is 11.2. The lowest BCUT2D eigenvalue weighted by Crippen LogP contribution is -2.24. The lowest BCUT2D eigenvalue weighted by atomic mass is 9.98. The van der Waals surface area contributed by atoms with Gasteiger partial charge >= 0.3 is 0 Å². The highest BCUT2D eigenvalue weighted by atomic mass is 127. The molecule has 1 atom stereocenters. The zero-order chi connectivity index (χ0) is 14.5. The number of halogens is 3. The van der Waals surface area contributed by atoms with E-state index in [1.165, 1.54) is 18.2 Å². The molecular weight excluding hydrogens is 371 g/mol. The zero-order valence-corrected chi connectivity index (χ0v) is 13.3. The van der Waals surface area contributed by atoms with E-state index in [0.29, 0.717) is 6.42 Å². The molecule has 0 aromatic heterocycles. The second-order valence-electron chi connectivity index (χ2n) is 4.54. The predicted molar refractivity (Wildman–Crippen MR) is 85.6 cm³/mol. The Morgan fingerprint density at radius 3 is 2.30 bits per heavy atom. The summed E-state index contributed by atoms with van der Waals surface area (Å²) in [5, 5.41) is 3.30. The molecule has 1 N–H and O–H groups in total. The second-order valence-corrected chi connectivity index (χ2v) is 5.70. The summed E-state index contributed by atoms with van der Waals surface area (Å²) in [7, 11) is 0. The van der Waals surface area contributed by atoms with Crippen LogP contribution in [-0.2, 0) is 6.42 Å². The van der Waals surface area contributed by atoms with Crippen LogP contribution in [0, 0.1) is 15.2 Å². The van der Waals surface area contributed by atoms with Crippen molar-refractivity contribution in [3.05, 3.63) is 68.8 Å². The van der Waals surface area contributed by atoms with Gasteiger partial charge in [-0.05, 0) is 59.3 Å². The summed E-state index contributed by atoms with van der Waals surface area (Å²) >= 11 is 2.25. The Labute approximate surface area is 131 Å². The third-order valence-electron chi connectivity index (χ3n) is 3.20. The fourth-order valence-corrected chi connectivity index (χ4v) is 2.99. The third-order valence-corrected chi connectivity index (χ3v) is 4.18. The highest BCUT2D eigenvalue weighted by molar-refractivity contribution is 14.1. The van der Waals surface area contributed by atoms with Gasteiger partial charge in [0.2, 0.25) is 0 Å². The molecule has 4 heteroatoms. The van der Waals surface area contributed by atoms with Crippen LogP contribution in [0.15, 0.2) is 42.5 Å². The average Bonchev–Trinajstić information content (AvgIpc) is 2.43. The van der Waals surface area contributed by atoms with Gasteiger partial charge in [0.05, 0.1) is 0 Å². The normalized spacial score (nSPS) is 12.4. The Hall–Kier alpha value is -1.01. The summed E-state index contributed by atoms with van der Waals surface area (Å²) < 4.78 is 28.7. The Morgan fingerprint density at radius 1 is 1.05 bits per heavy atom. The van der Waals surface area contributed by atoms with Crippen molar-refractivity contribution in [3.63, 3.8) is 0 Å². The van der Waals surface area contributed by atoms with Crippen LogP contribution in [0.2, 0.25) is 0 Å². The van der Waals surface area contributed by atoms with E-state index in [-0.39, 0.29) is 11.6 Å². The van der Waals surface area contributed by atoms with E-state index in [1.807, 2.05) is 31.2 Å². The van der Waals surface area contributed by atoms with Crippen LogP contribution in [-0.4, -0.2) is 6.54 Å². The van der Waals surface area contributed by atoms with Crippen molar-refractivity contribution in [1.29, 1.82) is 0 Å². The van der Waals surface area contributed by atoms with Crippen molar-refractivity contribution in [2.24, 2.45) is 0 Å². The van der Waals surface area contributed by atoms with E-state index < -0.39 is 11.6 Å². The molecule has 0 bridgehead atoms. The van der Waals surface area contributed by atoms with E-state index in [0.717, 1.165) is 15.7 Å². The largest absolute Gasteiger partial charge is 0.310 e. The standard InChI is InChI=1S/C16H16F2IN/c1-2-20-16(11-6-3-4-9-15(11)19)10-12-13(17)7-5-8-14(12)18/h3-9,16,20H,2,10H2,1H3. The minimum absolute atomic E-state index is 0.0977. The first-order chi connectivity index (χ1) is 9.63. The molecular formula is C16H16F2IN. The van der Waals surface area contributed by atoms with Crippen LogP contribution in [0.4, 0.5) is 8.78 Å². The summed E-state index contributed by atoms with van der Waals surface area (Å²) in [6.45, 7) is 2.73. The minimum atomic E-state index is -0.487. The first kappa shape index (κ1) is 15.4. The van der Waals surface area contributed by atoms with Crippen LogP contribution < -0.4 is 5.32 Å². The van der Waals surface area contributed by atoms with E-state index in [4.69, 9.17) is 0 Å². The summed E-state index contributed by atoms with van der Waals surface area (Å²) in [5.41, 5.74) is 1.20. The van der Waals surface area contributed by atoms with Gasteiger partial charge in [-0.2, -0.15) is 0 Å². The highest BCUT2D eigenvalue weighted by Gasteiger charge is 2.18. The molecule has 2 rings (SSSR count). The van der Waals surface area contributed by atoms with Gasteiger partial charge in [0, 0.05) is 15.2 Å². The minimum Gasteiger partial charge on any atom is -0.310 e. The number of benzene rings is 2. The van der Waals surface area contributed by atoms with Crippen LogP contribution in [0.5, 0.6) is 0 Å². The quantitative estimate of drug-likeness (QED) is 0.747. The van der Waals surface area contributed by atoms with Crippen LogP contribution in [0.1, 0.15) is 24.1 Å². The summed E-state index contributed by atoms with van der Waals surface area (Å²) in [4.78, 5) is 0. The van der Waals surface area contributed by atoms with Gasteiger partial charge in [-0.1, -0.05) is 31.2 Å². The maximum absolute atomic E-state index is 13.8. The maximum atomic E-state index is 13.8. The molecule has 0 fully saturated rings. The van der Waals surface area contributed by atoms with E-state index >= 15 is 0 Å². The molecule has 0 radical (unpaired) electrons. The van der Waals surface area contributed by atoms with Gasteiger partial charge in [-0.15, -0.1) is 0 Å². The molecule has 1 unspecified atom stereocenters. The second kappa shape index (κ2) is 7.13. The Morgan fingerprint density at radius 2 is 1.70 bits per heavy atom. The number of likely N-dealkylation sites (N-methyl/N-ethyl adjacent to an activating group) is 1. The topological polar surface area (TPSA) is 12.0 Å². The molecule has 106 valence electrons. The van der Waals surface area contributed by atoms with Crippen LogP contribution >= 0.6 is 22.6 Å². The highest BCUT2D eigenvalue weighted by Crippen LogP contribution is 2.25. The third kappa shape index (κ3) is 3.55. The van der Waals surface area contributed by atoms with Crippen molar-refractivity contribution in [3.8, 4) is 0 Å². The number of hydrogen-bond donors (Lipinski definition) is 1. The van der Waals surface area contributed by atoms with E-state index in [2.05, 4.69) is 27.9 Å². The Bertz CT molecular complexity index is 566. The fraction of sp³-hybridized carbons (Fsp3) is 0.250. The molecule has 1 nitrogen and oxygen atoms in total. The monoisotopic (exact) mass is 387 g/mol. The van der Waals surface area contributed by atoms with Crippen molar-refractivity contribution >= 4 is 22.6 Å². The van der Waals surface area contributed by atoms with Gasteiger partial charge in [0.15, 0.2) is 0 Å². The lowest BCUT2D eigenvalue weighted by Gasteiger charge is -2.20. The Kier molecular flexibility index (Phi) is 5.48. The van der Waals surface area contributed by atoms with Gasteiger partial charge in [-0.3, -0.25) is 0 Å². The molecule has 0 heterocycles. The number of rotatable bonds is 5. The lowest BCUT2D eigenvalue weighted by molar-refractivity contribution is 0.498. The molecule has 0 aliphatic rings. The predicted octanol–water partition coefficient (Wildman–Crippen LogP) is 4.46. The molecule has 2 aromatic carbocycles. The van der Waals surface area contributed by atoms with Gasteiger partial charge in [-0.25, -0.2) is 8.78 Å². The van der Waals surface area contributed by atoms with Gasteiger partial charge < -0.3 is 5.32 Å². The van der Waals surface area contributed by atoms with Crippen LogP contribution in [0.25, 0.3) is 0 Å². The fourth-order valence-electron chi connectivity index (χ4n) is 2.23. The molecule has 0 spiro atoms. The number of hydrogen-bond acceptors (Lipinski definition) is 1. The molecule has 20 heavy (non-hydrogen) atoms. The first-order valence-electron chi connectivity index (χ1n) is 6.54. The van der Waals surface area contributed by atoms with Crippen molar-refractivity contribution < 1.29 is 8.78 Å². The van der Waals surface area contributed by atoms with Crippen LogP contribution in [0.3, 0.4) is 0 Å². The van der Waals surface area contributed by atoms with Gasteiger partial charge in [0.25, 0.3) is 0 Å². The molecule has 0 aliphatic heterocycles. The molecule has 0 saturated carbocycles. The molecule has 2 aromatic rings. The first-order valence-corrected chi connectivity index (χ1v) is 7.62. The van der Waals surface area contributed by atoms with Gasteiger partial charge in [0.1, 0.15) is 11.6 Å². The maximum Gasteiger partial charge on any atom is 0.129 e. The molecule has 0 saturated heterocycles. The summed E-state index contributed by atoms with van der Waals surface area (Å²) in [6.07, 6.45) is 0.298. The van der Waals surface area contributed by atoms with E-state index in [1.54, 1.807) is 0 Å². The average molecular weight is 387 g/mol. The van der Waals surface area contributed by atoms with Crippen molar-refractivity contribution in [2.75, 3.05) is 6.54 Å². The Balaban J connectivity index is 2.33. The van der Waals surface area contributed by atoms with Crippen molar-refractivity contribution in [2.45, 2.75) is 19.4 Å².